The van der Waals surface area contributed by atoms with Gasteiger partial charge >= 0.3 is 0 Å². The topological polar surface area (TPSA) is 43.4 Å². The number of hydrogen-bond donors (Lipinski definition) is 1. The summed E-state index contributed by atoms with van der Waals surface area (Å²) in [6, 6.07) is 11.7. The maximum absolute atomic E-state index is 5.64. The predicted molar refractivity (Wildman–Crippen MR) is 82.1 cm³/mol. The maximum Gasteiger partial charge on any atom is 0.213 e. The number of nitrogens with zero attached hydrogens (tertiary/aromatic N) is 1. The van der Waals surface area contributed by atoms with Crippen molar-refractivity contribution in [1.82, 2.24) is 10.3 Å². The van der Waals surface area contributed by atoms with Crippen LogP contribution in [0.4, 0.5) is 0 Å². The molecule has 0 aliphatic rings. The molecule has 2 rings (SSSR count). The van der Waals surface area contributed by atoms with E-state index in [0.29, 0.717) is 12.5 Å². The summed E-state index contributed by atoms with van der Waals surface area (Å²) >= 11 is 3.42. The number of hydrogen-bond acceptors (Lipinski definition) is 4. The minimum atomic E-state index is 0.624. The van der Waals surface area contributed by atoms with E-state index in [4.69, 9.17) is 9.47 Å². The second-order valence-corrected chi connectivity index (χ2v) is 5.10. The van der Waals surface area contributed by atoms with Crippen molar-refractivity contribution in [2.24, 2.45) is 0 Å². The fourth-order valence-electron chi connectivity index (χ4n) is 1.70. The van der Waals surface area contributed by atoms with Crippen LogP contribution in [-0.4, -0.2) is 25.2 Å². The van der Waals surface area contributed by atoms with Gasteiger partial charge in [0.05, 0.1) is 7.11 Å². The van der Waals surface area contributed by atoms with Gasteiger partial charge in [-0.2, -0.15) is 0 Å². The minimum absolute atomic E-state index is 0.624. The van der Waals surface area contributed by atoms with E-state index in [-0.39, 0.29) is 0 Å². The summed E-state index contributed by atoms with van der Waals surface area (Å²) in [7, 11) is 1.62. The van der Waals surface area contributed by atoms with Crippen LogP contribution in [0, 0.1) is 0 Å². The molecule has 0 radical (unpaired) electrons. The van der Waals surface area contributed by atoms with E-state index in [1.54, 1.807) is 13.3 Å². The molecule has 0 atom stereocenters. The number of nitrogens with one attached hydrogen (secondary N) is 1. The Labute approximate surface area is 127 Å². The van der Waals surface area contributed by atoms with Gasteiger partial charge in [0.2, 0.25) is 5.88 Å². The Morgan fingerprint density at radius 2 is 2.15 bits per heavy atom. The van der Waals surface area contributed by atoms with E-state index in [1.165, 1.54) is 0 Å². The van der Waals surface area contributed by atoms with E-state index in [2.05, 4.69) is 26.2 Å². The van der Waals surface area contributed by atoms with E-state index < -0.39 is 0 Å². The Morgan fingerprint density at radius 1 is 1.25 bits per heavy atom. The number of benzene rings is 1. The first-order chi connectivity index (χ1) is 9.78. The molecule has 2 aromatic rings. The highest BCUT2D eigenvalue weighted by molar-refractivity contribution is 9.10. The van der Waals surface area contributed by atoms with Crippen molar-refractivity contribution in [2.75, 3.05) is 20.3 Å². The van der Waals surface area contributed by atoms with Crippen LogP contribution in [0.15, 0.2) is 47.1 Å². The Balaban J connectivity index is 1.68. The normalized spacial score (nSPS) is 10.3. The summed E-state index contributed by atoms with van der Waals surface area (Å²) in [4.78, 5) is 4.07. The van der Waals surface area contributed by atoms with Crippen molar-refractivity contribution >= 4 is 15.9 Å². The highest BCUT2D eigenvalue weighted by Crippen LogP contribution is 2.17. The lowest BCUT2D eigenvalue weighted by Gasteiger charge is -2.08. The molecule has 0 aliphatic carbocycles. The zero-order chi connectivity index (χ0) is 14.2. The van der Waals surface area contributed by atoms with E-state index in [9.17, 15) is 0 Å². The SMILES string of the molecule is COc1cc(CNCCOc2cccc(Br)c2)ccn1. The van der Waals surface area contributed by atoms with Crippen LogP contribution >= 0.6 is 15.9 Å². The molecule has 1 heterocycles. The number of ether oxygens (including phenoxy) is 2. The maximum atomic E-state index is 5.64. The molecule has 0 unspecified atom stereocenters. The zero-order valence-corrected chi connectivity index (χ0v) is 12.9. The lowest BCUT2D eigenvalue weighted by atomic mass is 10.2. The second kappa shape index (κ2) is 7.87. The third-order valence-electron chi connectivity index (χ3n) is 2.68. The Kier molecular flexibility index (Phi) is 5.83. The smallest absolute Gasteiger partial charge is 0.213 e. The lowest BCUT2D eigenvalue weighted by Crippen LogP contribution is -2.20. The largest absolute Gasteiger partial charge is 0.492 e. The summed E-state index contributed by atoms with van der Waals surface area (Å²) in [5.74, 6) is 1.50. The predicted octanol–water partition coefficient (Wildman–Crippen LogP) is 3.02. The van der Waals surface area contributed by atoms with Crippen molar-refractivity contribution < 1.29 is 9.47 Å². The highest BCUT2D eigenvalue weighted by atomic mass is 79.9. The molecule has 5 heteroatoms. The van der Waals surface area contributed by atoms with Crippen LogP contribution in [0.25, 0.3) is 0 Å². The molecule has 0 fully saturated rings. The van der Waals surface area contributed by atoms with Crippen LogP contribution in [0.1, 0.15) is 5.56 Å². The first-order valence-electron chi connectivity index (χ1n) is 6.36. The average Bonchev–Trinajstić information content (AvgIpc) is 2.47. The van der Waals surface area contributed by atoms with Crippen LogP contribution in [0.5, 0.6) is 11.6 Å². The van der Waals surface area contributed by atoms with Crippen LogP contribution in [0.3, 0.4) is 0 Å². The zero-order valence-electron chi connectivity index (χ0n) is 11.3. The molecule has 0 saturated carbocycles. The quantitative estimate of drug-likeness (QED) is 0.789. The standard InChI is InChI=1S/C15H17BrN2O2/c1-19-15-9-12(5-6-18-15)11-17-7-8-20-14-4-2-3-13(16)10-14/h2-6,9-10,17H,7-8,11H2,1H3. The molecule has 0 spiro atoms. The monoisotopic (exact) mass is 336 g/mol. The molecule has 0 saturated heterocycles. The molecule has 1 N–H and O–H groups in total. The summed E-state index contributed by atoms with van der Waals surface area (Å²) in [5, 5.41) is 3.32. The summed E-state index contributed by atoms with van der Waals surface area (Å²) < 4.78 is 11.7. The summed E-state index contributed by atoms with van der Waals surface area (Å²) in [5.41, 5.74) is 1.14. The molecule has 4 nitrogen and oxygen atoms in total. The van der Waals surface area contributed by atoms with E-state index in [1.807, 2.05) is 36.4 Å². The molecule has 1 aromatic carbocycles. The van der Waals surface area contributed by atoms with Crippen LogP contribution in [-0.2, 0) is 6.54 Å². The van der Waals surface area contributed by atoms with Gasteiger partial charge in [-0.15, -0.1) is 0 Å². The molecule has 0 bridgehead atoms. The van der Waals surface area contributed by atoms with Gasteiger partial charge in [-0.05, 0) is 29.8 Å². The summed E-state index contributed by atoms with van der Waals surface area (Å²) in [6.45, 7) is 2.16. The van der Waals surface area contributed by atoms with Gasteiger partial charge < -0.3 is 14.8 Å². The van der Waals surface area contributed by atoms with Crippen molar-refractivity contribution in [3.8, 4) is 11.6 Å². The number of halogens is 1. The van der Waals surface area contributed by atoms with Crippen molar-refractivity contribution in [1.29, 1.82) is 0 Å². The molecule has 1 aromatic heterocycles. The van der Waals surface area contributed by atoms with Gasteiger partial charge in [0.1, 0.15) is 12.4 Å². The van der Waals surface area contributed by atoms with Gasteiger partial charge in [-0.25, -0.2) is 4.98 Å². The number of aromatic nitrogens is 1. The lowest BCUT2D eigenvalue weighted by molar-refractivity contribution is 0.313. The Bertz CT molecular complexity index is 549. The first kappa shape index (κ1) is 14.8. The Hall–Kier alpha value is -1.59. The highest BCUT2D eigenvalue weighted by Gasteiger charge is 1.97. The van der Waals surface area contributed by atoms with Gasteiger partial charge in [0, 0.05) is 29.8 Å². The van der Waals surface area contributed by atoms with E-state index >= 15 is 0 Å². The van der Waals surface area contributed by atoms with Crippen LogP contribution < -0.4 is 14.8 Å². The average molecular weight is 337 g/mol. The second-order valence-electron chi connectivity index (χ2n) is 4.19. The third-order valence-corrected chi connectivity index (χ3v) is 3.17. The molecular formula is C15H17BrN2O2. The molecule has 0 aliphatic heterocycles. The fourth-order valence-corrected chi connectivity index (χ4v) is 2.08. The summed E-state index contributed by atoms with van der Waals surface area (Å²) in [6.07, 6.45) is 1.74. The minimum Gasteiger partial charge on any atom is -0.492 e. The number of pyridine rings is 1. The van der Waals surface area contributed by atoms with Crippen molar-refractivity contribution in [3.05, 3.63) is 52.6 Å². The third kappa shape index (κ3) is 4.83. The first-order valence-corrected chi connectivity index (χ1v) is 7.15. The van der Waals surface area contributed by atoms with Crippen LogP contribution in [0.2, 0.25) is 0 Å². The van der Waals surface area contributed by atoms with Gasteiger partial charge in [-0.1, -0.05) is 22.0 Å². The molecular weight excluding hydrogens is 320 g/mol. The van der Waals surface area contributed by atoms with Crippen molar-refractivity contribution in [2.45, 2.75) is 6.54 Å². The van der Waals surface area contributed by atoms with Gasteiger partial charge in [0.15, 0.2) is 0 Å². The van der Waals surface area contributed by atoms with E-state index in [0.717, 1.165) is 28.9 Å². The molecule has 106 valence electrons. The van der Waals surface area contributed by atoms with Gasteiger partial charge in [-0.3, -0.25) is 0 Å². The van der Waals surface area contributed by atoms with Gasteiger partial charge in [0.25, 0.3) is 0 Å². The molecule has 0 amide bonds. The number of methoxy groups -OCH3 is 1. The van der Waals surface area contributed by atoms with Crippen molar-refractivity contribution in [3.63, 3.8) is 0 Å². The number of rotatable bonds is 7. The Morgan fingerprint density at radius 3 is 2.95 bits per heavy atom. The molecule has 20 heavy (non-hydrogen) atoms. The fraction of sp³-hybridized carbons (Fsp3) is 0.267.